The van der Waals surface area contributed by atoms with E-state index in [1.165, 1.54) is 4.31 Å². The molecule has 0 saturated heterocycles. The third-order valence-corrected chi connectivity index (χ3v) is 5.70. The minimum absolute atomic E-state index is 0.186. The van der Waals surface area contributed by atoms with Gasteiger partial charge in [-0.1, -0.05) is 66.6 Å². The second-order valence-electron chi connectivity index (χ2n) is 5.98. The van der Waals surface area contributed by atoms with Crippen molar-refractivity contribution in [2.24, 2.45) is 0 Å². The number of hydrogen-bond acceptors (Lipinski definition) is 2. The number of sulfonamides is 1. The molecule has 0 bridgehead atoms. The van der Waals surface area contributed by atoms with E-state index in [0.717, 1.165) is 11.1 Å². The third kappa shape index (κ3) is 4.28. The summed E-state index contributed by atoms with van der Waals surface area (Å²) in [6, 6.07) is 25.0. The zero-order valence-corrected chi connectivity index (χ0v) is 15.8. The van der Waals surface area contributed by atoms with E-state index in [4.69, 9.17) is 0 Å². The minimum Gasteiger partial charge on any atom is -0.227 e. The Labute approximate surface area is 160 Å². The Morgan fingerprint density at radius 1 is 0.852 bits per heavy atom. The van der Waals surface area contributed by atoms with Gasteiger partial charge in [-0.05, 0) is 49.2 Å². The molecule has 3 aromatic carbocycles. The van der Waals surface area contributed by atoms with Crippen LogP contribution in [0.15, 0.2) is 102 Å². The number of hydrogen-bond donors (Lipinski definition) is 0. The van der Waals surface area contributed by atoms with Gasteiger partial charge in [-0.25, -0.2) is 12.7 Å². The summed E-state index contributed by atoms with van der Waals surface area (Å²) in [4.78, 5) is 0.194. The molecule has 0 aliphatic heterocycles. The first kappa shape index (κ1) is 18.5. The van der Waals surface area contributed by atoms with Gasteiger partial charge in [0.15, 0.2) is 0 Å². The van der Waals surface area contributed by atoms with Crippen molar-refractivity contribution in [2.75, 3.05) is 4.31 Å². The van der Waals surface area contributed by atoms with Crippen LogP contribution in [0.2, 0.25) is 0 Å². The molecule has 0 heterocycles. The fraction of sp³-hybridized carbons (Fsp3) is 0.0435. The lowest BCUT2D eigenvalue weighted by Crippen LogP contribution is -2.29. The van der Waals surface area contributed by atoms with Crippen LogP contribution in [-0.4, -0.2) is 8.42 Å². The van der Waals surface area contributed by atoms with Gasteiger partial charge in [0.25, 0.3) is 10.0 Å². The molecule has 27 heavy (non-hydrogen) atoms. The van der Waals surface area contributed by atoms with E-state index in [2.05, 4.69) is 18.4 Å². The predicted octanol–water partition coefficient (Wildman–Crippen LogP) is 4.76. The molecule has 134 valence electrons. The summed E-state index contributed by atoms with van der Waals surface area (Å²) in [5.41, 5.74) is 2.46. The fourth-order valence-corrected chi connectivity index (χ4v) is 3.96. The van der Waals surface area contributed by atoms with Crippen molar-refractivity contribution in [1.29, 1.82) is 0 Å². The maximum Gasteiger partial charge on any atom is 0.269 e. The first-order chi connectivity index (χ1) is 13.0. The zero-order chi connectivity index (χ0) is 19.3. The van der Waals surface area contributed by atoms with Crippen molar-refractivity contribution in [3.8, 4) is 11.8 Å². The molecule has 0 atom stereocenters. The molecule has 3 aromatic rings. The second kappa shape index (κ2) is 7.94. The molecule has 0 aliphatic carbocycles. The number of benzene rings is 3. The van der Waals surface area contributed by atoms with Gasteiger partial charge >= 0.3 is 0 Å². The standard InChI is InChI=1S/C23H19NO2S/c1-19-13-17-23(18-14-19)27(25,26)24(22-11-7-4-8-12-22)20(2)15-16-21-9-5-3-6-10-21/h3-14,17-18H,2H2,1H3. The van der Waals surface area contributed by atoms with Crippen molar-refractivity contribution in [1.82, 2.24) is 0 Å². The summed E-state index contributed by atoms with van der Waals surface area (Å²) in [5, 5.41) is 0. The molecule has 0 aromatic heterocycles. The second-order valence-corrected chi connectivity index (χ2v) is 7.77. The highest BCUT2D eigenvalue weighted by atomic mass is 32.2. The van der Waals surface area contributed by atoms with Crippen LogP contribution < -0.4 is 4.31 Å². The molecule has 0 fully saturated rings. The van der Waals surface area contributed by atoms with Gasteiger partial charge in [0.1, 0.15) is 5.70 Å². The molecule has 0 radical (unpaired) electrons. The molecule has 0 spiro atoms. The Kier molecular flexibility index (Phi) is 5.44. The predicted molar refractivity (Wildman–Crippen MR) is 110 cm³/mol. The van der Waals surface area contributed by atoms with Crippen molar-refractivity contribution in [3.05, 3.63) is 108 Å². The Morgan fingerprint density at radius 3 is 2.00 bits per heavy atom. The van der Waals surface area contributed by atoms with Gasteiger partial charge < -0.3 is 0 Å². The van der Waals surface area contributed by atoms with Crippen LogP contribution in [0, 0.1) is 18.8 Å². The Morgan fingerprint density at radius 2 is 1.41 bits per heavy atom. The lowest BCUT2D eigenvalue weighted by atomic mass is 10.2. The van der Waals surface area contributed by atoms with Crippen LogP contribution in [0.25, 0.3) is 0 Å². The van der Waals surface area contributed by atoms with Gasteiger partial charge in [-0.3, -0.25) is 0 Å². The molecule has 0 amide bonds. The summed E-state index contributed by atoms with van der Waals surface area (Å²) < 4.78 is 27.8. The van der Waals surface area contributed by atoms with E-state index in [-0.39, 0.29) is 10.6 Å². The van der Waals surface area contributed by atoms with Crippen LogP contribution in [0.3, 0.4) is 0 Å². The molecule has 3 rings (SSSR count). The highest BCUT2D eigenvalue weighted by Crippen LogP contribution is 2.27. The Bertz CT molecular complexity index is 1090. The topological polar surface area (TPSA) is 37.4 Å². The molecule has 0 saturated carbocycles. The molecular formula is C23H19NO2S. The van der Waals surface area contributed by atoms with E-state index in [1.54, 1.807) is 48.5 Å². The van der Waals surface area contributed by atoms with Gasteiger partial charge in [0.05, 0.1) is 10.6 Å². The Balaban J connectivity index is 2.06. The van der Waals surface area contributed by atoms with Crippen molar-refractivity contribution in [2.45, 2.75) is 11.8 Å². The number of rotatable bonds is 4. The van der Waals surface area contributed by atoms with Crippen LogP contribution in [0.5, 0.6) is 0 Å². The maximum atomic E-state index is 13.3. The summed E-state index contributed by atoms with van der Waals surface area (Å²) in [6.45, 7) is 5.84. The van der Waals surface area contributed by atoms with Crippen LogP contribution in [-0.2, 0) is 10.0 Å². The average molecular weight is 373 g/mol. The average Bonchev–Trinajstić information content (AvgIpc) is 2.68. The molecule has 0 aliphatic rings. The van der Waals surface area contributed by atoms with Crippen molar-refractivity contribution in [3.63, 3.8) is 0 Å². The monoisotopic (exact) mass is 373 g/mol. The van der Waals surface area contributed by atoms with Crippen LogP contribution >= 0.6 is 0 Å². The highest BCUT2D eigenvalue weighted by molar-refractivity contribution is 7.93. The summed E-state index contributed by atoms with van der Waals surface area (Å²) in [6.07, 6.45) is 0. The minimum atomic E-state index is -3.84. The number of aryl methyl sites for hydroxylation is 1. The first-order valence-electron chi connectivity index (χ1n) is 8.41. The summed E-state index contributed by atoms with van der Waals surface area (Å²) in [7, 11) is -3.84. The number of anilines is 1. The summed E-state index contributed by atoms with van der Waals surface area (Å²) >= 11 is 0. The fourth-order valence-electron chi connectivity index (χ4n) is 2.54. The van der Waals surface area contributed by atoms with E-state index in [1.807, 2.05) is 43.3 Å². The van der Waals surface area contributed by atoms with Gasteiger partial charge in [-0.15, -0.1) is 0 Å². The first-order valence-corrected chi connectivity index (χ1v) is 9.85. The Hall–Kier alpha value is -3.29. The smallest absolute Gasteiger partial charge is 0.227 e. The lowest BCUT2D eigenvalue weighted by Gasteiger charge is -2.23. The zero-order valence-electron chi connectivity index (χ0n) is 15.0. The van der Waals surface area contributed by atoms with E-state index in [0.29, 0.717) is 5.69 Å². The van der Waals surface area contributed by atoms with E-state index in [9.17, 15) is 8.42 Å². The summed E-state index contributed by atoms with van der Waals surface area (Å²) in [5.74, 6) is 5.86. The SMILES string of the molecule is C=C(C#Cc1ccccc1)N(c1ccccc1)S(=O)(=O)c1ccc(C)cc1. The van der Waals surface area contributed by atoms with Gasteiger partial charge in [0, 0.05) is 5.56 Å². The normalized spacial score (nSPS) is 10.6. The van der Waals surface area contributed by atoms with Gasteiger partial charge in [-0.2, -0.15) is 0 Å². The van der Waals surface area contributed by atoms with Gasteiger partial charge in [0.2, 0.25) is 0 Å². The van der Waals surface area contributed by atoms with Crippen LogP contribution in [0.1, 0.15) is 11.1 Å². The molecule has 0 N–H and O–H groups in total. The van der Waals surface area contributed by atoms with E-state index >= 15 is 0 Å². The molecular weight excluding hydrogens is 354 g/mol. The molecule has 4 heteroatoms. The number of para-hydroxylation sites is 1. The van der Waals surface area contributed by atoms with E-state index < -0.39 is 10.0 Å². The van der Waals surface area contributed by atoms with Crippen LogP contribution in [0.4, 0.5) is 5.69 Å². The molecule has 3 nitrogen and oxygen atoms in total. The third-order valence-electron chi connectivity index (χ3n) is 3.92. The van der Waals surface area contributed by atoms with Crippen molar-refractivity contribution >= 4 is 15.7 Å². The van der Waals surface area contributed by atoms with Crippen molar-refractivity contribution < 1.29 is 8.42 Å². The lowest BCUT2D eigenvalue weighted by molar-refractivity contribution is 0.595. The number of nitrogens with zero attached hydrogens (tertiary/aromatic N) is 1. The molecule has 0 unspecified atom stereocenters. The quantitative estimate of drug-likeness (QED) is 0.619. The highest BCUT2D eigenvalue weighted by Gasteiger charge is 2.26. The number of allylic oxidation sites excluding steroid dienone is 1. The largest absolute Gasteiger partial charge is 0.269 e. The maximum absolute atomic E-state index is 13.3.